The fourth-order valence-corrected chi connectivity index (χ4v) is 2.90. The van der Waals surface area contributed by atoms with Gasteiger partial charge in [-0.25, -0.2) is 4.79 Å². The Kier molecular flexibility index (Phi) is 6.95. The minimum Gasteiger partial charge on any atom is -0.480 e. The first-order chi connectivity index (χ1) is 15.0. The van der Waals surface area contributed by atoms with Crippen molar-refractivity contribution in [3.63, 3.8) is 0 Å². The van der Waals surface area contributed by atoms with E-state index in [9.17, 15) is 14.9 Å². The molecule has 3 aromatic carbocycles. The van der Waals surface area contributed by atoms with Gasteiger partial charge in [0.25, 0.3) is 0 Å². The van der Waals surface area contributed by atoms with Crippen molar-refractivity contribution >= 4 is 23.2 Å². The van der Waals surface area contributed by atoms with Crippen LogP contribution in [0.5, 0.6) is 5.75 Å². The van der Waals surface area contributed by atoms with Gasteiger partial charge >= 0.3 is 11.8 Å². The maximum Gasteiger partial charge on any atom is 0.437 e. The summed E-state index contributed by atoms with van der Waals surface area (Å²) in [6.45, 7) is 3.62. The van der Waals surface area contributed by atoms with E-state index in [-0.39, 0.29) is 18.0 Å². The third-order valence-electron chi connectivity index (χ3n) is 4.48. The zero-order valence-corrected chi connectivity index (χ0v) is 17.1. The Morgan fingerprint density at radius 1 is 0.968 bits per heavy atom. The molecule has 0 aliphatic carbocycles. The van der Waals surface area contributed by atoms with Crippen molar-refractivity contribution in [2.75, 3.05) is 11.9 Å². The van der Waals surface area contributed by atoms with Gasteiger partial charge in [0.15, 0.2) is 5.75 Å². The third kappa shape index (κ3) is 5.66. The predicted molar refractivity (Wildman–Crippen MR) is 118 cm³/mol. The summed E-state index contributed by atoms with van der Waals surface area (Å²) in [5.41, 5.74) is 3.23. The van der Waals surface area contributed by atoms with Crippen LogP contribution < -0.4 is 10.1 Å². The Hall–Kier alpha value is -4.20. The molecule has 1 N–H and O–H groups in total. The van der Waals surface area contributed by atoms with Gasteiger partial charge < -0.3 is 4.74 Å². The van der Waals surface area contributed by atoms with Crippen molar-refractivity contribution in [1.29, 1.82) is 0 Å². The summed E-state index contributed by atoms with van der Waals surface area (Å²) in [7, 11) is 0. The average Bonchev–Trinajstić information content (AvgIpc) is 2.77. The summed E-state index contributed by atoms with van der Waals surface area (Å²) in [4.78, 5) is 28.0. The van der Waals surface area contributed by atoms with Crippen LogP contribution in [0.4, 0.5) is 16.2 Å². The number of nitro benzene ring substituents is 1. The van der Waals surface area contributed by atoms with E-state index in [0.717, 1.165) is 11.1 Å². The van der Waals surface area contributed by atoms with Crippen LogP contribution in [0.1, 0.15) is 16.7 Å². The minimum absolute atomic E-state index is 0.0936. The molecular weight excluding hydrogens is 398 g/mol. The smallest absolute Gasteiger partial charge is 0.437 e. The standard InChI is InChI=1S/C23H21N3O5/c1-16-9-8-10-17(2)22(16)24-23(27)31-25-19(18-11-4-3-5-12-18)15-30-21-14-7-6-13-20(21)26(28)29/h3-14H,15H2,1-2H3,(H,24,27)/b25-19-. The van der Waals surface area contributed by atoms with Gasteiger partial charge in [0.05, 0.1) is 4.92 Å². The summed E-state index contributed by atoms with van der Waals surface area (Å²) in [6.07, 6.45) is -0.753. The number of amides is 1. The minimum atomic E-state index is -0.753. The molecule has 0 bridgehead atoms. The number of hydrogen-bond acceptors (Lipinski definition) is 6. The average molecular weight is 419 g/mol. The topological polar surface area (TPSA) is 103 Å². The fraction of sp³-hybridized carbons (Fsp3) is 0.130. The molecule has 0 radical (unpaired) electrons. The number of ether oxygens (including phenoxy) is 1. The van der Waals surface area contributed by atoms with Crippen LogP contribution in [-0.2, 0) is 4.84 Å². The number of oxime groups is 1. The number of carbonyl (C=O) groups excluding carboxylic acids is 1. The third-order valence-corrected chi connectivity index (χ3v) is 4.48. The largest absolute Gasteiger partial charge is 0.480 e. The van der Waals surface area contributed by atoms with E-state index < -0.39 is 11.0 Å². The second kappa shape index (κ2) is 10.0. The number of benzene rings is 3. The molecule has 0 atom stereocenters. The van der Waals surface area contributed by atoms with Crippen LogP contribution in [0, 0.1) is 24.0 Å². The second-order valence-corrected chi connectivity index (χ2v) is 6.69. The molecule has 3 aromatic rings. The van der Waals surface area contributed by atoms with Crippen molar-refractivity contribution < 1.29 is 19.3 Å². The van der Waals surface area contributed by atoms with Crippen LogP contribution >= 0.6 is 0 Å². The highest BCUT2D eigenvalue weighted by molar-refractivity contribution is 6.02. The molecule has 158 valence electrons. The summed E-state index contributed by atoms with van der Waals surface area (Å²) >= 11 is 0. The number of nitro groups is 1. The number of anilines is 1. The molecule has 0 saturated carbocycles. The van der Waals surface area contributed by atoms with E-state index in [1.165, 1.54) is 12.1 Å². The van der Waals surface area contributed by atoms with Crippen molar-refractivity contribution in [2.24, 2.45) is 5.16 Å². The molecule has 0 heterocycles. The number of carbonyl (C=O) groups is 1. The molecule has 8 nitrogen and oxygen atoms in total. The molecule has 0 fully saturated rings. The SMILES string of the molecule is Cc1cccc(C)c1NC(=O)O/N=C(/COc1ccccc1[N+](=O)[O-])c1ccccc1. The lowest BCUT2D eigenvalue weighted by molar-refractivity contribution is -0.385. The lowest BCUT2D eigenvalue weighted by Crippen LogP contribution is -2.18. The Labute approximate surface area is 179 Å². The quantitative estimate of drug-likeness (QED) is 0.244. The molecule has 0 spiro atoms. The van der Waals surface area contributed by atoms with Crippen LogP contribution in [0.25, 0.3) is 0 Å². The summed E-state index contributed by atoms with van der Waals surface area (Å²) in [5, 5.41) is 17.8. The van der Waals surface area contributed by atoms with Crippen molar-refractivity contribution in [3.05, 3.63) is 99.6 Å². The predicted octanol–water partition coefficient (Wildman–Crippen LogP) is 5.24. The zero-order chi connectivity index (χ0) is 22.2. The number of nitrogens with zero attached hydrogens (tertiary/aromatic N) is 2. The van der Waals surface area contributed by atoms with Crippen LogP contribution in [-0.4, -0.2) is 23.3 Å². The molecule has 0 unspecified atom stereocenters. The molecule has 8 heteroatoms. The maximum absolute atomic E-state index is 12.3. The first-order valence-corrected chi connectivity index (χ1v) is 9.48. The molecular formula is C23H21N3O5. The van der Waals surface area contributed by atoms with Gasteiger partial charge in [0, 0.05) is 17.3 Å². The molecule has 0 aromatic heterocycles. The van der Waals surface area contributed by atoms with E-state index in [0.29, 0.717) is 17.0 Å². The van der Waals surface area contributed by atoms with Gasteiger partial charge in [0.1, 0.15) is 12.3 Å². The number of nitrogens with one attached hydrogen (secondary N) is 1. The Bertz CT molecular complexity index is 1090. The van der Waals surface area contributed by atoms with Crippen LogP contribution in [0.15, 0.2) is 78.0 Å². The fourth-order valence-electron chi connectivity index (χ4n) is 2.90. The lowest BCUT2D eigenvalue weighted by atomic mass is 10.1. The highest BCUT2D eigenvalue weighted by Gasteiger charge is 2.16. The molecule has 3 rings (SSSR count). The second-order valence-electron chi connectivity index (χ2n) is 6.69. The first kappa shape index (κ1) is 21.5. The summed E-state index contributed by atoms with van der Waals surface area (Å²) < 4.78 is 5.62. The molecule has 0 aliphatic rings. The Morgan fingerprint density at radius 3 is 2.29 bits per heavy atom. The zero-order valence-electron chi connectivity index (χ0n) is 17.1. The van der Waals surface area contributed by atoms with Crippen LogP contribution in [0.3, 0.4) is 0 Å². The lowest BCUT2D eigenvalue weighted by Gasteiger charge is -2.11. The van der Waals surface area contributed by atoms with Crippen molar-refractivity contribution in [3.8, 4) is 5.75 Å². The van der Waals surface area contributed by atoms with Crippen LogP contribution in [0.2, 0.25) is 0 Å². The van der Waals surface area contributed by atoms with E-state index in [2.05, 4.69) is 10.5 Å². The molecule has 1 amide bonds. The van der Waals surface area contributed by atoms with Gasteiger partial charge in [-0.1, -0.05) is 65.8 Å². The number of hydrogen-bond donors (Lipinski definition) is 1. The first-order valence-electron chi connectivity index (χ1n) is 9.48. The summed E-state index contributed by atoms with van der Waals surface area (Å²) in [5.74, 6) is 0.0936. The molecule has 0 aliphatic heterocycles. The Morgan fingerprint density at radius 2 is 1.61 bits per heavy atom. The van der Waals surface area contributed by atoms with Crippen molar-refractivity contribution in [1.82, 2.24) is 0 Å². The number of para-hydroxylation sites is 3. The normalized spacial score (nSPS) is 11.0. The monoisotopic (exact) mass is 419 g/mol. The van der Waals surface area contributed by atoms with E-state index in [4.69, 9.17) is 9.57 Å². The number of rotatable bonds is 7. The van der Waals surface area contributed by atoms with Gasteiger partial charge in [-0.2, -0.15) is 0 Å². The van der Waals surface area contributed by atoms with Gasteiger partial charge in [-0.15, -0.1) is 0 Å². The Balaban J connectivity index is 1.77. The summed E-state index contributed by atoms with van der Waals surface area (Å²) in [6, 6.07) is 20.7. The highest BCUT2D eigenvalue weighted by Crippen LogP contribution is 2.26. The van der Waals surface area contributed by atoms with Crippen molar-refractivity contribution in [2.45, 2.75) is 13.8 Å². The van der Waals surface area contributed by atoms with Gasteiger partial charge in [0.2, 0.25) is 0 Å². The maximum atomic E-state index is 12.3. The van der Waals surface area contributed by atoms with Gasteiger partial charge in [-0.3, -0.25) is 20.3 Å². The highest BCUT2D eigenvalue weighted by atomic mass is 16.7. The molecule has 31 heavy (non-hydrogen) atoms. The van der Waals surface area contributed by atoms with Gasteiger partial charge in [-0.05, 0) is 31.0 Å². The molecule has 0 saturated heterocycles. The van der Waals surface area contributed by atoms with E-state index in [1.807, 2.05) is 38.1 Å². The number of aryl methyl sites for hydroxylation is 2. The van der Waals surface area contributed by atoms with E-state index in [1.54, 1.807) is 36.4 Å². The van der Waals surface area contributed by atoms with E-state index >= 15 is 0 Å².